The van der Waals surface area contributed by atoms with E-state index in [4.69, 9.17) is 28.4 Å². The van der Waals surface area contributed by atoms with Crippen molar-refractivity contribution < 1.29 is 42.4 Å². The average Bonchev–Trinajstić information content (AvgIpc) is 3.13. The second-order valence-corrected chi connectivity index (χ2v) is 13.7. The predicted octanol–water partition coefficient (Wildman–Crippen LogP) is 8.44. The van der Waals surface area contributed by atoms with Gasteiger partial charge in [0, 0.05) is 39.4 Å². The number of carbonyl (C=O) groups excluding carboxylic acids is 2. The van der Waals surface area contributed by atoms with Crippen LogP contribution in [0.3, 0.4) is 0 Å². The maximum absolute atomic E-state index is 12.6. The lowest BCUT2D eigenvalue weighted by Gasteiger charge is -2.42. The molecule has 0 radical (unpaired) electrons. The molecule has 284 valence electrons. The van der Waals surface area contributed by atoms with Gasteiger partial charge in [-0.15, -0.1) is 0 Å². The van der Waals surface area contributed by atoms with Crippen molar-refractivity contribution in [3.63, 3.8) is 0 Å². The number of ether oxygens (including phenoxy) is 6. The van der Waals surface area contributed by atoms with E-state index < -0.39 is 11.4 Å². The molecule has 2 heterocycles. The number of amides is 1. The number of hydrogen-bond acceptors (Lipinski definition) is 8. The molecule has 2 fully saturated rings. The van der Waals surface area contributed by atoms with Crippen LogP contribution < -0.4 is 4.90 Å². The summed E-state index contributed by atoms with van der Waals surface area (Å²) in [5.74, 6) is -1.01. The molecule has 0 aromatic heterocycles. The van der Waals surface area contributed by atoms with Crippen molar-refractivity contribution in [2.24, 2.45) is 0 Å². The van der Waals surface area contributed by atoms with E-state index in [0.717, 1.165) is 42.5 Å². The van der Waals surface area contributed by atoms with E-state index in [1.807, 2.05) is 51.7 Å². The van der Waals surface area contributed by atoms with Crippen LogP contribution in [0.2, 0.25) is 0 Å². The van der Waals surface area contributed by atoms with Crippen LogP contribution in [0.25, 0.3) is 0 Å². The first-order chi connectivity index (χ1) is 24.9. The van der Waals surface area contributed by atoms with Gasteiger partial charge in [0.2, 0.25) is 5.91 Å². The minimum atomic E-state index is -0.563. The molecule has 2 saturated heterocycles. The Morgan fingerprint density at radius 3 is 1.98 bits per heavy atom. The van der Waals surface area contributed by atoms with Crippen molar-refractivity contribution >= 4 is 17.6 Å². The van der Waals surface area contributed by atoms with Gasteiger partial charge in [-0.3, -0.25) is 9.59 Å². The van der Waals surface area contributed by atoms with Crippen LogP contribution in [0.1, 0.15) is 102 Å². The Morgan fingerprint density at radius 2 is 1.46 bits per heavy atom. The number of anilines is 1. The van der Waals surface area contributed by atoms with E-state index in [2.05, 4.69) is 36.4 Å². The summed E-state index contributed by atoms with van der Waals surface area (Å²) >= 11 is 0. The Morgan fingerprint density at radius 1 is 0.885 bits per heavy atom. The highest BCUT2D eigenvalue weighted by Gasteiger charge is 2.40. The Bertz CT molecular complexity index is 1530. The van der Waals surface area contributed by atoms with Gasteiger partial charge in [-0.05, 0) is 99.9 Å². The van der Waals surface area contributed by atoms with Crippen molar-refractivity contribution in [1.82, 2.24) is 0 Å². The third-order valence-electron chi connectivity index (χ3n) is 9.49. The van der Waals surface area contributed by atoms with E-state index in [1.54, 1.807) is 19.2 Å². The molecule has 3 aromatic carbocycles. The summed E-state index contributed by atoms with van der Waals surface area (Å²) < 4.78 is 46.5. The maximum atomic E-state index is 12.6. The van der Waals surface area contributed by atoms with Gasteiger partial charge >= 0.3 is 5.97 Å². The molecule has 0 aliphatic carbocycles. The van der Waals surface area contributed by atoms with Crippen LogP contribution in [-0.4, -0.2) is 63.1 Å². The molecule has 5 rings (SSSR count). The summed E-state index contributed by atoms with van der Waals surface area (Å²) in [6.45, 7) is 13.4. The van der Waals surface area contributed by atoms with Gasteiger partial charge in [-0.25, -0.2) is 4.39 Å². The zero-order valence-corrected chi connectivity index (χ0v) is 31.8. The van der Waals surface area contributed by atoms with E-state index in [-0.39, 0.29) is 36.1 Å². The largest absolute Gasteiger partial charge is 0.458 e. The van der Waals surface area contributed by atoms with Crippen LogP contribution >= 0.6 is 0 Å². The highest BCUT2D eigenvalue weighted by Crippen LogP contribution is 2.39. The summed E-state index contributed by atoms with van der Waals surface area (Å²) in [6, 6.07) is 22.9. The standard InChI is InChI=1S/C31H43NO6.C11H13FO2/c1-6-35-29(36-7-2)17-12-23-10-15-26(16-11-23)32-27(20-28(32)33)25-13-8-24(9-14-25)18-19-31(34-5)21-37-30(3,4)38-22-31;1-3-11(14-8(2)13)9-4-6-10(12)7-5-9/h8-11,13-16,27,29H,6-7,12,17-22H2,1-5H3;4-7,11H,3H2,1-2H3. The van der Waals surface area contributed by atoms with E-state index in [1.165, 1.54) is 30.2 Å². The molecule has 2 aliphatic rings. The molecule has 0 saturated carbocycles. The molecule has 0 bridgehead atoms. The molecule has 1 amide bonds. The molecule has 2 unspecified atom stereocenters. The molecule has 2 aliphatic heterocycles. The third-order valence-corrected chi connectivity index (χ3v) is 9.49. The van der Waals surface area contributed by atoms with Crippen molar-refractivity contribution in [3.05, 3.63) is 101 Å². The molecule has 3 aromatic rings. The minimum absolute atomic E-state index is 0.0652. The summed E-state index contributed by atoms with van der Waals surface area (Å²) in [5.41, 5.74) is 4.93. The predicted molar refractivity (Wildman–Crippen MR) is 198 cm³/mol. The minimum Gasteiger partial charge on any atom is -0.458 e. The summed E-state index contributed by atoms with van der Waals surface area (Å²) in [5, 5.41) is 0. The van der Waals surface area contributed by atoms with Crippen LogP contribution in [0.5, 0.6) is 0 Å². The smallest absolute Gasteiger partial charge is 0.303 e. The fourth-order valence-electron chi connectivity index (χ4n) is 6.30. The lowest BCUT2D eigenvalue weighted by Crippen LogP contribution is -2.52. The molecular formula is C42H56FNO8. The molecular weight excluding hydrogens is 665 g/mol. The molecule has 9 nitrogen and oxygen atoms in total. The van der Waals surface area contributed by atoms with Gasteiger partial charge in [-0.1, -0.05) is 55.5 Å². The number of halogens is 1. The SMILES string of the molecule is CCC(OC(C)=O)c1ccc(F)cc1.CCOC(CCc1ccc(N2C(=O)CC2c2ccc(CCC3(OC)COC(C)(C)OC3)cc2)cc1)OCC. The first kappa shape index (κ1) is 41.1. The molecule has 0 spiro atoms. The van der Waals surface area contributed by atoms with Crippen molar-refractivity contribution in [1.29, 1.82) is 0 Å². The topological polar surface area (TPSA) is 92.8 Å². The molecule has 10 heteroatoms. The lowest BCUT2D eigenvalue weighted by molar-refractivity contribution is -0.307. The van der Waals surface area contributed by atoms with E-state index in [9.17, 15) is 14.0 Å². The fraction of sp³-hybridized carbons (Fsp3) is 0.524. The highest BCUT2D eigenvalue weighted by atomic mass is 19.1. The van der Waals surface area contributed by atoms with Gasteiger partial charge in [0.05, 0.1) is 25.7 Å². The van der Waals surface area contributed by atoms with Gasteiger partial charge in [0.1, 0.15) is 17.5 Å². The third kappa shape index (κ3) is 11.7. The van der Waals surface area contributed by atoms with Crippen LogP contribution in [-0.2, 0) is 50.9 Å². The van der Waals surface area contributed by atoms with Crippen LogP contribution in [0, 0.1) is 5.82 Å². The van der Waals surface area contributed by atoms with Gasteiger partial charge in [-0.2, -0.15) is 0 Å². The first-order valence-corrected chi connectivity index (χ1v) is 18.4. The normalized spacial score (nSPS) is 18.3. The number of methoxy groups -OCH3 is 1. The quantitative estimate of drug-likeness (QED) is 0.0827. The number of rotatable bonds is 16. The Balaban J connectivity index is 0.000000363. The Hall–Kier alpha value is -3.67. The fourth-order valence-corrected chi connectivity index (χ4v) is 6.30. The zero-order valence-electron chi connectivity index (χ0n) is 31.8. The van der Waals surface area contributed by atoms with Gasteiger partial charge in [0.15, 0.2) is 12.1 Å². The number of hydrogen-bond donors (Lipinski definition) is 0. The molecule has 52 heavy (non-hydrogen) atoms. The second-order valence-electron chi connectivity index (χ2n) is 13.7. The van der Waals surface area contributed by atoms with Crippen LogP contribution in [0.15, 0.2) is 72.8 Å². The zero-order chi connectivity index (χ0) is 37.7. The number of aryl methyl sites for hydroxylation is 2. The van der Waals surface area contributed by atoms with Gasteiger partial charge < -0.3 is 33.3 Å². The Labute approximate surface area is 308 Å². The number of carbonyl (C=O) groups is 2. The lowest BCUT2D eigenvalue weighted by atomic mass is 9.90. The van der Waals surface area contributed by atoms with E-state index in [0.29, 0.717) is 39.3 Å². The summed E-state index contributed by atoms with van der Waals surface area (Å²) in [4.78, 5) is 25.2. The van der Waals surface area contributed by atoms with Crippen molar-refractivity contribution in [3.8, 4) is 0 Å². The second kappa shape index (κ2) is 19.4. The molecule has 2 atom stereocenters. The number of benzene rings is 3. The Kier molecular flexibility index (Phi) is 15.3. The highest BCUT2D eigenvalue weighted by molar-refractivity contribution is 6.01. The van der Waals surface area contributed by atoms with Crippen LogP contribution in [0.4, 0.5) is 10.1 Å². The number of β-lactam (4-membered cyclic amide) rings is 1. The van der Waals surface area contributed by atoms with Gasteiger partial charge in [0.25, 0.3) is 0 Å². The summed E-state index contributed by atoms with van der Waals surface area (Å²) in [7, 11) is 1.72. The molecule has 0 N–H and O–H groups in total. The summed E-state index contributed by atoms with van der Waals surface area (Å²) in [6.07, 6.45) is 4.12. The van der Waals surface area contributed by atoms with Crippen molar-refractivity contribution in [2.45, 2.75) is 110 Å². The maximum Gasteiger partial charge on any atom is 0.303 e. The van der Waals surface area contributed by atoms with E-state index >= 15 is 0 Å². The first-order valence-electron chi connectivity index (χ1n) is 18.4. The monoisotopic (exact) mass is 721 g/mol. The number of nitrogens with zero attached hydrogens (tertiary/aromatic N) is 1. The number of esters is 1. The van der Waals surface area contributed by atoms with Crippen molar-refractivity contribution in [2.75, 3.05) is 38.4 Å². The average molecular weight is 722 g/mol.